The quantitative estimate of drug-likeness (QED) is 0.479. The monoisotopic (exact) mass is 127 g/mol. The Labute approximate surface area is 58.0 Å². The molecule has 0 aromatic heterocycles. The molecule has 2 aliphatic heterocycles. The predicted molar refractivity (Wildman–Crippen MR) is 40.5 cm³/mol. The molecule has 0 aromatic carbocycles. The van der Waals surface area contributed by atoms with Crippen LogP contribution in [0.4, 0.5) is 0 Å². The largest absolute Gasteiger partial charge is 0.303 e. The van der Waals surface area contributed by atoms with Gasteiger partial charge in [-0.05, 0) is 31.8 Å². The van der Waals surface area contributed by atoms with Crippen LogP contribution >= 0.6 is 0 Å². The van der Waals surface area contributed by atoms with Crippen molar-refractivity contribution in [2.45, 2.75) is 26.7 Å². The van der Waals surface area contributed by atoms with E-state index in [1.54, 1.807) is 0 Å². The van der Waals surface area contributed by atoms with Crippen LogP contribution in [-0.2, 0) is 0 Å². The highest BCUT2D eigenvalue weighted by molar-refractivity contribution is 4.82. The molecule has 2 aliphatic rings. The average molecular weight is 127 g/mol. The van der Waals surface area contributed by atoms with Gasteiger partial charge in [0.25, 0.3) is 0 Å². The highest BCUT2D eigenvalue weighted by atomic mass is 15.2. The average Bonchev–Trinajstić information content (AvgIpc) is 2.53. The zero-order chi connectivity index (χ0) is 6.69. The van der Waals surface area contributed by atoms with E-state index in [9.17, 15) is 0 Å². The van der Waals surface area contributed by atoms with Gasteiger partial charge in [0.1, 0.15) is 0 Å². The van der Waals surface area contributed by atoms with Gasteiger partial charge in [-0.1, -0.05) is 13.8 Å². The van der Waals surface area contributed by atoms with Gasteiger partial charge in [-0.2, -0.15) is 0 Å². The van der Waals surface area contributed by atoms with Crippen LogP contribution in [0.15, 0.2) is 0 Å². The third-order valence-corrected chi connectivity index (χ3v) is 2.22. The van der Waals surface area contributed by atoms with Crippen LogP contribution in [0.5, 0.6) is 0 Å². The molecule has 0 spiro atoms. The Kier molecular flexibility index (Phi) is 2.52. The Morgan fingerprint density at radius 2 is 1.67 bits per heavy atom. The van der Waals surface area contributed by atoms with E-state index in [2.05, 4.69) is 4.90 Å². The summed E-state index contributed by atoms with van der Waals surface area (Å²) in [5.41, 5.74) is 0. The van der Waals surface area contributed by atoms with Crippen molar-refractivity contribution >= 4 is 0 Å². The SMILES string of the molecule is C1CN2CCC1C2.CC. The minimum Gasteiger partial charge on any atom is -0.303 e. The van der Waals surface area contributed by atoms with E-state index in [4.69, 9.17) is 0 Å². The molecule has 2 bridgehead atoms. The van der Waals surface area contributed by atoms with Gasteiger partial charge in [0.2, 0.25) is 0 Å². The van der Waals surface area contributed by atoms with Gasteiger partial charge in [0.15, 0.2) is 0 Å². The number of nitrogens with zero attached hydrogens (tertiary/aromatic N) is 1. The molecule has 0 atom stereocenters. The fourth-order valence-electron chi connectivity index (χ4n) is 1.72. The summed E-state index contributed by atoms with van der Waals surface area (Å²) in [6.07, 6.45) is 2.97. The lowest BCUT2D eigenvalue weighted by Crippen LogP contribution is -2.15. The summed E-state index contributed by atoms with van der Waals surface area (Å²) in [4.78, 5) is 2.56. The molecule has 9 heavy (non-hydrogen) atoms. The minimum absolute atomic E-state index is 1.10. The summed E-state index contributed by atoms with van der Waals surface area (Å²) in [5, 5.41) is 0. The molecule has 0 N–H and O–H groups in total. The molecule has 2 heterocycles. The Hall–Kier alpha value is -0.0400. The van der Waals surface area contributed by atoms with Crippen molar-refractivity contribution in [2.24, 2.45) is 5.92 Å². The van der Waals surface area contributed by atoms with Crippen LogP contribution < -0.4 is 0 Å². The maximum atomic E-state index is 2.56. The molecule has 2 saturated heterocycles. The Morgan fingerprint density at radius 1 is 1.11 bits per heavy atom. The molecule has 0 radical (unpaired) electrons. The molecule has 1 heteroatoms. The summed E-state index contributed by atoms with van der Waals surface area (Å²) in [6.45, 7) is 8.20. The molecule has 0 aromatic rings. The van der Waals surface area contributed by atoms with Crippen LogP contribution in [0.25, 0.3) is 0 Å². The zero-order valence-electron chi connectivity index (χ0n) is 6.56. The molecule has 2 rings (SSSR count). The lowest BCUT2D eigenvalue weighted by molar-refractivity contribution is 0.368. The molecule has 1 nitrogen and oxygen atoms in total. The van der Waals surface area contributed by atoms with Gasteiger partial charge < -0.3 is 4.90 Å². The Balaban J connectivity index is 0.000000186. The molecule has 0 unspecified atom stereocenters. The highest BCUT2D eigenvalue weighted by Gasteiger charge is 2.28. The third-order valence-electron chi connectivity index (χ3n) is 2.22. The maximum Gasteiger partial charge on any atom is 0.00106 e. The first kappa shape index (κ1) is 7.07. The smallest absolute Gasteiger partial charge is 0.00106 e. The van der Waals surface area contributed by atoms with Gasteiger partial charge in [-0.3, -0.25) is 0 Å². The van der Waals surface area contributed by atoms with Gasteiger partial charge in [0, 0.05) is 6.54 Å². The molecule has 0 saturated carbocycles. The first-order chi connectivity index (χ1) is 4.45. The lowest BCUT2D eigenvalue weighted by atomic mass is 10.1. The molecule has 0 amide bonds. The second-order valence-corrected chi connectivity index (χ2v) is 2.74. The topological polar surface area (TPSA) is 3.24 Å². The van der Waals surface area contributed by atoms with E-state index in [-0.39, 0.29) is 0 Å². The van der Waals surface area contributed by atoms with E-state index in [1.807, 2.05) is 13.8 Å². The van der Waals surface area contributed by atoms with E-state index < -0.39 is 0 Å². The summed E-state index contributed by atoms with van der Waals surface area (Å²) in [7, 11) is 0. The van der Waals surface area contributed by atoms with Crippen molar-refractivity contribution in [3.63, 3.8) is 0 Å². The summed E-state index contributed by atoms with van der Waals surface area (Å²) in [5.74, 6) is 1.10. The first-order valence-corrected chi connectivity index (χ1v) is 4.17. The van der Waals surface area contributed by atoms with E-state index >= 15 is 0 Å². The first-order valence-electron chi connectivity index (χ1n) is 4.17. The van der Waals surface area contributed by atoms with Crippen molar-refractivity contribution in [1.82, 2.24) is 4.90 Å². The number of fused-ring (bicyclic) bond motifs is 2. The van der Waals surface area contributed by atoms with E-state index in [1.165, 1.54) is 32.5 Å². The van der Waals surface area contributed by atoms with Crippen LogP contribution in [0, 0.1) is 5.92 Å². The molecule has 0 aliphatic carbocycles. The van der Waals surface area contributed by atoms with Crippen LogP contribution in [0.3, 0.4) is 0 Å². The molecular weight excluding hydrogens is 110 g/mol. The van der Waals surface area contributed by atoms with Crippen molar-refractivity contribution in [3.05, 3.63) is 0 Å². The zero-order valence-corrected chi connectivity index (χ0v) is 6.56. The second-order valence-electron chi connectivity index (χ2n) is 2.74. The van der Waals surface area contributed by atoms with Crippen molar-refractivity contribution < 1.29 is 0 Å². The van der Waals surface area contributed by atoms with Crippen LogP contribution in [0.2, 0.25) is 0 Å². The van der Waals surface area contributed by atoms with Crippen LogP contribution in [-0.4, -0.2) is 24.5 Å². The maximum absolute atomic E-state index is 2.56. The third kappa shape index (κ3) is 1.45. The molecule has 54 valence electrons. The fraction of sp³-hybridized carbons (Fsp3) is 1.00. The summed E-state index contributed by atoms with van der Waals surface area (Å²) < 4.78 is 0. The minimum atomic E-state index is 1.10. The second kappa shape index (κ2) is 3.21. The summed E-state index contributed by atoms with van der Waals surface area (Å²) in [6, 6.07) is 0. The van der Waals surface area contributed by atoms with E-state index in [0.29, 0.717) is 0 Å². The van der Waals surface area contributed by atoms with E-state index in [0.717, 1.165) is 5.92 Å². The number of hydrogen-bond donors (Lipinski definition) is 0. The predicted octanol–water partition coefficient (Wildman–Crippen LogP) is 1.74. The summed E-state index contributed by atoms with van der Waals surface area (Å²) >= 11 is 0. The Bertz CT molecular complexity index is 62.6. The number of rotatable bonds is 0. The molecular formula is C8H17N. The molecule has 2 fully saturated rings. The van der Waals surface area contributed by atoms with Gasteiger partial charge in [-0.25, -0.2) is 0 Å². The Morgan fingerprint density at radius 3 is 1.78 bits per heavy atom. The normalized spacial score (nSPS) is 38.0. The van der Waals surface area contributed by atoms with Gasteiger partial charge >= 0.3 is 0 Å². The van der Waals surface area contributed by atoms with Gasteiger partial charge in [-0.15, -0.1) is 0 Å². The number of hydrogen-bond acceptors (Lipinski definition) is 1. The van der Waals surface area contributed by atoms with Crippen LogP contribution in [0.1, 0.15) is 26.7 Å². The van der Waals surface area contributed by atoms with Crippen molar-refractivity contribution in [3.8, 4) is 0 Å². The standard InChI is InChI=1S/C6H11N.C2H6/c1-3-7-4-2-6(1)5-7;1-2/h6H,1-5H2;1-2H3. The highest BCUT2D eigenvalue weighted by Crippen LogP contribution is 2.26. The van der Waals surface area contributed by atoms with Crippen molar-refractivity contribution in [1.29, 1.82) is 0 Å². The number of piperidine rings is 1. The van der Waals surface area contributed by atoms with Crippen molar-refractivity contribution in [2.75, 3.05) is 19.6 Å². The lowest BCUT2D eigenvalue weighted by Gasteiger charge is -2.09. The fourth-order valence-corrected chi connectivity index (χ4v) is 1.72. The van der Waals surface area contributed by atoms with Gasteiger partial charge in [0.05, 0.1) is 0 Å².